The highest BCUT2D eigenvalue weighted by molar-refractivity contribution is 5.75. The number of rotatable bonds is 5. The van der Waals surface area contributed by atoms with Gasteiger partial charge in [0.05, 0.1) is 6.54 Å². The molecular formula is C17H19FN4O2. The lowest BCUT2D eigenvalue weighted by Gasteiger charge is -2.31. The molecule has 2 heterocycles. The number of piperidine rings is 1. The van der Waals surface area contributed by atoms with Crippen LogP contribution in [0.1, 0.15) is 24.5 Å². The number of nitrogens with zero attached hydrogens (tertiary/aromatic N) is 3. The van der Waals surface area contributed by atoms with Gasteiger partial charge in [0.15, 0.2) is 0 Å². The number of nitrogens with two attached hydrogens (primary N) is 1. The molecule has 6 nitrogen and oxygen atoms in total. The molecule has 0 aliphatic carbocycles. The van der Waals surface area contributed by atoms with E-state index in [0.717, 1.165) is 25.1 Å². The first-order chi connectivity index (χ1) is 11.6. The molecule has 7 heteroatoms. The predicted molar refractivity (Wildman–Crippen MR) is 86.1 cm³/mol. The number of primary amides is 1. The zero-order valence-electron chi connectivity index (χ0n) is 13.2. The van der Waals surface area contributed by atoms with E-state index >= 15 is 0 Å². The van der Waals surface area contributed by atoms with Gasteiger partial charge in [-0.1, -0.05) is 6.07 Å². The molecule has 1 aliphatic heterocycles. The van der Waals surface area contributed by atoms with Crippen LogP contribution in [0.25, 0.3) is 0 Å². The molecule has 0 bridgehead atoms. The average molecular weight is 330 g/mol. The minimum Gasteiger partial charge on any atom is -0.437 e. The van der Waals surface area contributed by atoms with Crippen molar-refractivity contribution in [1.29, 1.82) is 0 Å². The molecule has 1 amide bonds. The summed E-state index contributed by atoms with van der Waals surface area (Å²) in [7, 11) is 0. The second-order valence-electron chi connectivity index (χ2n) is 5.85. The van der Waals surface area contributed by atoms with Crippen molar-refractivity contribution >= 4 is 5.91 Å². The number of amides is 1. The number of ether oxygens (including phenoxy) is 1. The smallest absolute Gasteiger partial charge is 0.241 e. The van der Waals surface area contributed by atoms with E-state index in [-0.39, 0.29) is 24.2 Å². The van der Waals surface area contributed by atoms with Crippen molar-refractivity contribution in [2.24, 2.45) is 5.73 Å². The number of halogens is 1. The lowest BCUT2D eigenvalue weighted by molar-refractivity contribution is -0.119. The topological polar surface area (TPSA) is 81.3 Å². The summed E-state index contributed by atoms with van der Waals surface area (Å²) in [6.45, 7) is 1.73. The zero-order valence-corrected chi connectivity index (χ0v) is 13.2. The third-order valence-corrected chi connectivity index (χ3v) is 3.97. The lowest BCUT2D eigenvalue weighted by atomic mass is 9.94. The summed E-state index contributed by atoms with van der Waals surface area (Å²) < 4.78 is 19.1. The van der Waals surface area contributed by atoms with Crippen molar-refractivity contribution in [3.05, 3.63) is 48.2 Å². The maximum absolute atomic E-state index is 13.3. The van der Waals surface area contributed by atoms with E-state index in [9.17, 15) is 9.18 Å². The van der Waals surface area contributed by atoms with Crippen LogP contribution in [0.4, 0.5) is 4.39 Å². The Kier molecular flexibility index (Phi) is 5.00. The minimum absolute atomic E-state index is 0.0929. The Morgan fingerprint density at radius 1 is 1.38 bits per heavy atom. The van der Waals surface area contributed by atoms with Gasteiger partial charge in [-0.3, -0.25) is 14.7 Å². The minimum atomic E-state index is -0.372. The number of carbonyl (C=O) groups excluding carboxylic acids is 1. The van der Waals surface area contributed by atoms with E-state index < -0.39 is 0 Å². The van der Waals surface area contributed by atoms with Crippen molar-refractivity contribution < 1.29 is 13.9 Å². The maximum atomic E-state index is 13.3. The molecule has 2 aromatic rings. The predicted octanol–water partition coefficient (Wildman–Crippen LogP) is 2.07. The van der Waals surface area contributed by atoms with Gasteiger partial charge in [0.1, 0.15) is 17.3 Å². The van der Waals surface area contributed by atoms with E-state index in [0.29, 0.717) is 18.2 Å². The van der Waals surface area contributed by atoms with E-state index in [1.54, 1.807) is 24.5 Å². The Morgan fingerprint density at radius 3 is 3.00 bits per heavy atom. The van der Waals surface area contributed by atoms with Crippen LogP contribution >= 0.6 is 0 Å². The summed E-state index contributed by atoms with van der Waals surface area (Å²) >= 11 is 0. The lowest BCUT2D eigenvalue weighted by Crippen LogP contribution is -2.40. The molecule has 1 atom stereocenters. The molecule has 0 spiro atoms. The monoisotopic (exact) mass is 330 g/mol. The molecule has 0 saturated carbocycles. The van der Waals surface area contributed by atoms with Crippen molar-refractivity contribution in [3.63, 3.8) is 0 Å². The Labute approximate surface area is 139 Å². The number of hydrogen-bond donors (Lipinski definition) is 1. The highest BCUT2D eigenvalue weighted by Gasteiger charge is 2.26. The molecule has 1 aromatic heterocycles. The van der Waals surface area contributed by atoms with Crippen LogP contribution in [-0.2, 0) is 4.79 Å². The summed E-state index contributed by atoms with van der Waals surface area (Å²) in [6, 6.07) is 5.91. The number of likely N-dealkylation sites (tertiary alicyclic amines) is 1. The van der Waals surface area contributed by atoms with E-state index in [1.807, 2.05) is 4.90 Å². The van der Waals surface area contributed by atoms with Crippen LogP contribution in [0.2, 0.25) is 0 Å². The molecule has 24 heavy (non-hydrogen) atoms. The van der Waals surface area contributed by atoms with Gasteiger partial charge in [-0.05, 0) is 31.5 Å². The fourth-order valence-corrected chi connectivity index (χ4v) is 2.98. The van der Waals surface area contributed by atoms with Crippen molar-refractivity contribution in [1.82, 2.24) is 14.9 Å². The molecular weight excluding hydrogens is 311 g/mol. The van der Waals surface area contributed by atoms with Crippen molar-refractivity contribution in [3.8, 4) is 11.6 Å². The maximum Gasteiger partial charge on any atom is 0.241 e. The number of benzene rings is 1. The fourth-order valence-electron chi connectivity index (χ4n) is 2.98. The van der Waals surface area contributed by atoms with Gasteiger partial charge in [-0.25, -0.2) is 9.37 Å². The van der Waals surface area contributed by atoms with Crippen LogP contribution in [0.15, 0.2) is 36.7 Å². The van der Waals surface area contributed by atoms with Gasteiger partial charge < -0.3 is 10.5 Å². The second-order valence-corrected chi connectivity index (χ2v) is 5.85. The normalized spacial score (nSPS) is 18.3. The SMILES string of the molecule is NC(=O)CN1CCCC(c2nccnc2Oc2cccc(F)c2)C1. The second kappa shape index (κ2) is 7.35. The quantitative estimate of drug-likeness (QED) is 0.907. The molecule has 3 rings (SSSR count). The van der Waals surface area contributed by atoms with E-state index in [4.69, 9.17) is 10.5 Å². The summed E-state index contributed by atoms with van der Waals surface area (Å²) in [5, 5.41) is 0. The molecule has 1 saturated heterocycles. The first-order valence-electron chi connectivity index (χ1n) is 7.87. The summed E-state index contributed by atoms with van der Waals surface area (Å²) in [6.07, 6.45) is 5.02. The van der Waals surface area contributed by atoms with Gasteiger partial charge in [-0.2, -0.15) is 0 Å². The summed E-state index contributed by atoms with van der Waals surface area (Å²) in [5.74, 6) is 0.125. The standard InChI is InChI=1S/C17H19FN4O2/c18-13-4-1-5-14(9-13)24-17-16(20-6-7-21-17)12-3-2-8-22(10-12)11-15(19)23/h1,4-7,9,12H,2-3,8,10-11H2,(H2,19,23). The first-order valence-corrected chi connectivity index (χ1v) is 7.87. The zero-order chi connectivity index (χ0) is 16.9. The molecule has 1 aromatic carbocycles. The summed E-state index contributed by atoms with van der Waals surface area (Å²) in [5.41, 5.74) is 6.00. The summed E-state index contributed by atoms with van der Waals surface area (Å²) in [4.78, 5) is 21.8. The number of hydrogen-bond acceptors (Lipinski definition) is 5. The van der Waals surface area contributed by atoms with Gasteiger partial charge in [0.25, 0.3) is 0 Å². The number of carbonyl (C=O) groups is 1. The largest absolute Gasteiger partial charge is 0.437 e. The van der Waals surface area contributed by atoms with Crippen LogP contribution in [-0.4, -0.2) is 40.4 Å². The average Bonchev–Trinajstić information content (AvgIpc) is 2.55. The Bertz CT molecular complexity index is 725. The van der Waals surface area contributed by atoms with Gasteiger partial charge in [-0.15, -0.1) is 0 Å². The van der Waals surface area contributed by atoms with Crippen molar-refractivity contribution in [2.45, 2.75) is 18.8 Å². The van der Waals surface area contributed by atoms with Gasteiger partial charge >= 0.3 is 0 Å². The van der Waals surface area contributed by atoms with Crippen LogP contribution in [0, 0.1) is 5.82 Å². The molecule has 1 aliphatic rings. The molecule has 126 valence electrons. The van der Waals surface area contributed by atoms with Crippen LogP contribution in [0.3, 0.4) is 0 Å². The fraction of sp³-hybridized carbons (Fsp3) is 0.353. The highest BCUT2D eigenvalue weighted by atomic mass is 19.1. The van der Waals surface area contributed by atoms with Crippen LogP contribution in [0.5, 0.6) is 11.6 Å². The van der Waals surface area contributed by atoms with Crippen LogP contribution < -0.4 is 10.5 Å². The Morgan fingerprint density at radius 2 is 2.21 bits per heavy atom. The molecule has 2 N–H and O–H groups in total. The van der Waals surface area contributed by atoms with E-state index in [2.05, 4.69) is 9.97 Å². The first kappa shape index (κ1) is 16.3. The van der Waals surface area contributed by atoms with E-state index in [1.165, 1.54) is 12.1 Å². The van der Waals surface area contributed by atoms with Crippen molar-refractivity contribution in [2.75, 3.05) is 19.6 Å². The van der Waals surface area contributed by atoms with Gasteiger partial charge in [0.2, 0.25) is 11.8 Å². The Balaban J connectivity index is 1.79. The van der Waals surface area contributed by atoms with Gasteiger partial charge in [0, 0.05) is 30.9 Å². The Hall–Kier alpha value is -2.54. The third-order valence-electron chi connectivity index (χ3n) is 3.97. The molecule has 1 unspecified atom stereocenters. The number of aromatic nitrogens is 2. The third kappa shape index (κ3) is 4.05. The molecule has 0 radical (unpaired) electrons. The highest BCUT2D eigenvalue weighted by Crippen LogP contribution is 2.32. The molecule has 1 fully saturated rings.